The molecule has 0 amide bonds. The number of fused-ring (bicyclic) bond motifs is 3. The minimum Gasteiger partial charge on any atom is -0.340 e. The van der Waals surface area contributed by atoms with Crippen molar-refractivity contribution in [3.05, 3.63) is 96.1 Å². The fraction of sp³-hybridized carbons (Fsp3) is 0.194. The van der Waals surface area contributed by atoms with Crippen molar-refractivity contribution in [1.29, 1.82) is 5.26 Å². The molecule has 4 aromatic carbocycles. The normalized spacial score (nSPS) is 14.7. The molecule has 2 aromatic heterocycles. The monoisotopic (exact) mass is 454 g/mol. The van der Waals surface area contributed by atoms with Crippen LogP contribution in [0.5, 0.6) is 0 Å². The van der Waals surface area contributed by atoms with Crippen LogP contribution in [-0.4, -0.2) is 14.0 Å². The SMILES string of the molecule is N#CN1Cc2ccc3c(c2)c2ccccc2n3CCCCn2c3ccccc3c3cc(ccc32)C1. The average molecular weight is 455 g/mol. The molecule has 4 heteroatoms. The van der Waals surface area contributed by atoms with E-state index in [9.17, 15) is 5.26 Å². The van der Waals surface area contributed by atoms with Crippen LogP contribution in [0.2, 0.25) is 0 Å². The summed E-state index contributed by atoms with van der Waals surface area (Å²) in [6, 6.07) is 30.9. The second-order valence-electron chi connectivity index (χ2n) is 9.70. The Morgan fingerprint density at radius 2 is 1.00 bits per heavy atom. The molecule has 0 spiro atoms. The van der Waals surface area contributed by atoms with E-state index in [0.717, 1.165) is 25.9 Å². The Balaban J connectivity index is 1.40. The molecule has 0 aliphatic carbocycles. The third-order valence-corrected chi connectivity index (χ3v) is 7.58. The van der Waals surface area contributed by atoms with Crippen molar-refractivity contribution in [1.82, 2.24) is 14.0 Å². The fourth-order valence-electron chi connectivity index (χ4n) is 5.99. The minimum atomic E-state index is 0.603. The lowest BCUT2D eigenvalue weighted by Crippen LogP contribution is -2.16. The largest absolute Gasteiger partial charge is 0.340 e. The van der Waals surface area contributed by atoms with Gasteiger partial charge in [-0.2, -0.15) is 5.26 Å². The van der Waals surface area contributed by atoms with Crippen molar-refractivity contribution in [2.45, 2.75) is 39.0 Å². The first kappa shape index (κ1) is 20.2. The second-order valence-corrected chi connectivity index (χ2v) is 9.70. The summed E-state index contributed by atoms with van der Waals surface area (Å²) in [5.41, 5.74) is 7.49. The van der Waals surface area contributed by atoms with Crippen molar-refractivity contribution < 1.29 is 0 Å². The van der Waals surface area contributed by atoms with Gasteiger partial charge < -0.3 is 14.0 Å². The topological polar surface area (TPSA) is 36.9 Å². The lowest BCUT2D eigenvalue weighted by atomic mass is 10.1. The van der Waals surface area contributed by atoms with Gasteiger partial charge in [-0.05, 0) is 60.4 Å². The van der Waals surface area contributed by atoms with E-state index in [1.54, 1.807) is 0 Å². The first-order valence-electron chi connectivity index (χ1n) is 12.4. The molecular formula is C31H26N4. The molecule has 0 unspecified atom stereocenters. The number of rotatable bonds is 0. The van der Waals surface area contributed by atoms with Crippen LogP contribution in [0.4, 0.5) is 0 Å². The summed E-state index contributed by atoms with van der Waals surface area (Å²) in [4.78, 5) is 1.86. The van der Waals surface area contributed by atoms with E-state index in [2.05, 4.69) is 100 Å². The highest BCUT2D eigenvalue weighted by Gasteiger charge is 2.15. The fourth-order valence-corrected chi connectivity index (χ4v) is 5.99. The number of hydrogen-bond donors (Lipinski definition) is 0. The van der Waals surface area contributed by atoms with Gasteiger partial charge in [0.05, 0.1) is 13.1 Å². The Morgan fingerprint density at radius 1 is 0.543 bits per heavy atom. The summed E-state index contributed by atoms with van der Waals surface area (Å²) in [5, 5.41) is 15.1. The molecule has 3 aliphatic heterocycles. The molecule has 170 valence electrons. The number of nitrogens with zero attached hydrogens (tertiary/aromatic N) is 4. The van der Waals surface area contributed by atoms with Gasteiger partial charge in [-0.15, -0.1) is 0 Å². The summed E-state index contributed by atoms with van der Waals surface area (Å²) >= 11 is 0. The van der Waals surface area contributed by atoms with Gasteiger partial charge in [-0.3, -0.25) is 0 Å². The predicted octanol–water partition coefficient (Wildman–Crippen LogP) is 7.18. The van der Waals surface area contributed by atoms with Crippen LogP contribution in [0, 0.1) is 11.5 Å². The Hall–Kier alpha value is -4.23. The van der Waals surface area contributed by atoms with E-state index in [4.69, 9.17) is 0 Å². The van der Waals surface area contributed by atoms with Gasteiger partial charge >= 0.3 is 0 Å². The molecule has 35 heavy (non-hydrogen) atoms. The van der Waals surface area contributed by atoms with Gasteiger partial charge in [0.25, 0.3) is 0 Å². The highest BCUT2D eigenvalue weighted by molar-refractivity contribution is 6.09. The van der Waals surface area contributed by atoms with Gasteiger partial charge in [-0.25, -0.2) is 0 Å². The lowest BCUT2D eigenvalue weighted by Gasteiger charge is -2.16. The van der Waals surface area contributed by atoms with E-state index in [1.807, 2.05) is 4.90 Å². The summed E-state index contributed by atoms with van der Waals surface area (Å²) in [5.74, 6) is 0. The zero-order valence-corrected chi connectivity index (χ0v) is 19.6. The van der Waals surface area contributed by atoms with Gasteiger partial charge in [-0.1, -0.05) is 48.5 Å². The molecular weight excluding hydrogens is 428 g/mol. The first-order chi connectivity index (χ1) is 17.3. The molecule has 6 aromatic rings. The third kappa shape index (κ3) is 3.19. The van der Waals surface area contributed by atoms with Gasteiger partial charge in [0, 0.05) is 56.7 Å². The molecule has 5 heterocycles. The Labute approximate surface area is 204 Å². The summed E-state index contributed by atoms with van der Waals surface area (Å²) < 4.78 is 4.96. The van der Waals surface area contributed by atoms with E-state index >= 15 is 0 Å². The Kier molecular flexibility index (Phi) is 4.57. The highest BCUT2D eigenvalue weighted by Crippen LogP contribution is 2.33. The molecule has 0 fully saturated rings. The van der Waals surface area contributed by atoms with E-state index in [-0.39, 0.29) is 0 Å². The third-order valence-electron chi connectivity index (χ3n) is 7.58. The van der Waals surface area contributed by atoms with Gasteiger partial charge in [0.2, 0.25) is 0 Å². The molecule has 9 rings (SSSR count). The molecule has 8 bridgehead atoms. The molecule has 3 aliphatic rings. The zero-order valence-electron chi connectivity index (χ0n) is 19.6. The van der Waals surface area contributed by atoms with Crippen molar-refractivity contribution in [2.24, 2.45) is 0 Å². The standard InChI is InChI=1S/C31H26N4/c32-21-33-19-22-11-13-30-26(17-22)24-7-1-3-9-28(24)34(30)15-5-6-16-35-29-10-4-2-8-25(29)27-18-23(20-33)12-14-31(27)35/h1-4,7-14,17-18H,5-6,15-16,19-20H2. The van der Waals surface area contributed by atoms with Crippen molar-refractivity contribution >= 4 is 43.6 Å². The Morgan fingerprint density at radius 3 is 1.49 bits per heavy atom. The molecule has 0 saturated heterocycles. The van der Waals surface area contributed by atoms with Gasteiger partial charge in [0.15, 0.2) is 6.19 Å². The van der Waals surface area contributed by atoms with Crippen molar-refractivity contribution in [3.8, 4) is 6.19 Å². The maximum absolute atomic E-state index is 9.98. The van der Waals surface area contributed by atoms with Crippen LogP contribution in [0.1, 0.15) is 24.0 Å². The predicted molar refractivity (Wildman–Crippen MR) is 143 cm³/mol. The number of nitriles is 1. The van der Waals surface area contributed by atoms with Crippen LogP contribution in [-0.2, 0) is 26.2 Å². The summed E-state index contributed by atoms with van der Waals surface area (Å²) in [7, 11) is 0. The summed E-state index contributed by atoms with van der Waals surface area (Å²) in [6.45, 7) is 3.20. The first-order valence-corrected chi connectivity index (χ1v) is 12.4. The quantitative estimate of drug-likeness (QED) is 0.228. The van der Waals surface area contributed by atoms with E-state index < -0.39 is 0 Å². The number of para-hydroxylation sites is 2. The Bertz CT molecular complexity index is 1650. The second kappa shape index (κ2) is 7.92. The minimum absolute atomic E-state index is 0.603. The maximum Gasteiger partial charge on any atom is 0.179 e. The van der Waals surface area contributed by atoms with Crippen LogP contribution in [0.3, 0.4) is 0 Å². The zero-order chi connectivity index (χ0) is 23.4. The lowest BCUT2D eigenvalue weighted by molar-refractivity contribution is 0.379. The smallest absolute Gasteiger partial charge is 0.179 e. The van der Waals surface area contributed by atoms with Crippen LogP contribution in [0.25, 0.3) is 43.6 Å². The molecule has 0 saturated carbocycles. The van der Waals surface area contributed by atoms with Crippen LogP contribution in [0.15, 0.2) is 84.9 Å². The van der Waals surface area contributed by atoms with Crippen molar-refractivity contribution in [3.63, 3.8) is 0 Å². The molecule has 0 atom stereocenters. The highest BCUT2D eigenvalue weighted by atomic mass is 15.1. The van der Waals surface area contributed by atoms with Crippen molar-refractivity contribution in [2.75, 3.05) is 0 Å². The number of aryl methyl sites for hydroxylation is 2. The van der Waals surface area contributed by atoms with Crippen LogP contribution < -0.4 is 0 Å². The van der Waals surface area contributed by atoms with E-state index in [0.29, 0.717) is 13.1 Å². The number of aromatic nitrogens is 2. The summed E-state index contributed by atoms with van der Waals surface area (Å²) in [6.07, 6.45) is 4.66. The van der Waals surface area contributed by atoms with Crippen LogP contribution >= 0.6 is 0 Å². The van der Waals surface area contributed by atoms with E-state index in [1.165, 1.54) is 54.7 Å². The molecule has 4 nitrogen and oxygen atoms in total. The maximum atomic E-state index is 9.98. The number of benzene rings is 4. The molecule has 0 radical (unpaired) electrons. The van der Waals surface area contributed by atoms with Gasteiger partial charge in [0.1, 0.15) is 0 Å². The average Bonchev–Trinajstić information content (AvgIpc) is 3.38. The number of hydrogen-bond acceptors (Lipinski definition) is 2. The molecule has 0 N–H and O–H groups in total.